The summed E-state index contributed by atoms with van der Waals surface area (Å²) in [5.74, 6) is 0. The Morgan fingerprint density at radius 3 is 2.53 bits per heavy atom. The summed E-state index contributed by atoms with van der Waals surface area (Å²) >= 11 is 11.4. The summed E-state index contributed by atoms with van der Waals surface area (Å²) in [7, 11) is 0. The van der Waals surface area contributed by atoms with Crippen LogP contribution in [-0.2, 0) is 17.5 Å². The van der Waals surface area contributed by atoms with Gasteiger partial charge in [0.25, 0.3) is 0 Å². The van der Waals surface area contributed by atoms with Crippen LogP contribution < -0.4 is 5.32 Å². The van der Waals surface area contributed by atoms with Gasteiger partial charge < -0.3 is 15.0 Å². The largest absolute Gasteiger partial charge is 0.417 e. The number of hydrogen-bond acceptors (Lipinski definition) is 4. The van der Waals surface area contributed by atoms with Crippen molar-refractivity contribution in [1.82, 2.24) is 14.8 Å². The molecule has 0 bridgehead atoms. The third kappa shape index (κ3) is 6.53. The summed E-state index contributed by atoms with van der Waals surface area (Å²) in [5, 5.41) is 3.06. The van der Waals surface area contributed by atoms with Gasteiger partial charge in [-0.3, -0.25) is 9.88 Å². The minimum Gasteiger partial charge on any atom is -0.379 e. The number of nitrogens with zero attached hydrogens (tertiary/aromatic N) is 3. The Kier molecular flexibility index (Phi) is 7.87. The second-order valence-electron chi connectivity index (χ2n) is 6.85. The van der Waals surface area contributed by atoms with Gasteiger partial charge in [0.1, 0.15) is 0 Å². The summed E-state index contributed by atoms with van der Waals surface area (Å²) in [4.78, 5) is 8.30. The molecule has 2 aromatic rings. The molecule has 0 amide bonds. The maximum absolute atomic E-state index is 12.9. The number of thiocarbonyl (C=S) groups is 1. The Hall–Kier alpha value is -1.94. The molecule has 1 fully saturated rings. The highest BCUT2D eigenvalue weighted by Gasteiger charge is 2.33. The van der Waals surface area contributed by atoms with Gasteiger partial charge in [-0.2, -0.15) is 13.2 Å². The minimum absolute atomic E-state index is 0.371. The Morgan fingerprint density at radius 1 is 1.20 bits per heavy atom. The number of aromatic nitrogens is 1. The van der Waals surface area contributed by atoms with Gasteiger partial charge in [0, 0.05) is 50.8 Å². The van der Waals surface area contributed by atoms with Crippen LogP contribution in [0.5, 0.6) is 0 Å². The molecule has 0 saturated carbocycles. The van der Waals surface area contributed by atoms with E-state index in [1.165, 1.54) is 12.1 Å². The van der Waals surface area contributed by atoms with E-state index in [0.717, 1.165) is 31.3 Å². The molecule has 5 nitrogen and oxygen atoms in total. The van der Waals surface area contributed by atoms with Crippen molar-refractivity contribution in [1.29, 1.82) is 0 Å². The molecule has 162 valence electrons. The van der Waals surface area contributed by atoms with E-state index >= 15 is 0 Å². The van der Waals surface area contributed by atoms with Crippen molar-refractivity contribution < 1.29 is 17.9 Å². The standard InChI is InChI=1S/C20H22ClF3N4OS/c21-18-13-16(1-2-17(18)20(22,23)24)26-19(30)28(14-15-3-5-25-6-4-15)8-7-27-9-11-29-12-10-27/h1-6,13H,7-12,14H2,(H,26,30). The number of ether oxygens (including phenoxy) is 1. The number of alkyl halides is 3. The molecule has 10 heteroatoms. The lowest BCUT2D eigenvalue weighted by Crippen LogP contribution is -2.44. The number of halogens is 4. The summed E-state index contributed by atoms with van der Waals surface area (Å²) in [6, 6.07) is 7.32. The number of hydrogen-bond donors (Lipinski definition) is 1. The first kappa shape index (κ1) is 22.7. The monoisotopic (exact) mass is 458 g/mol. The molecule has 0 aliphatic carbocycles. The van der Waals surface area contributed by atoms with Crippen molar-refractivity contribution in [3.05, 3.63) is 58.9 Å². The van der Waals surface area contributed by atoms with Crippen molar-refractivity contribution in [2.24, 2.45) is 0 Å². The number of morpholine rings is 1. The topological polar surface area (TPSA) is 40.6 Å². The third-order valence-electron chi connectivity index (χ3n) is 4.73. The highest BCUT2D eigenvalue weighted by Crippen LogP contribution is 2.35. The molecule has 2 heterocycles. The average Bonchev–Trinajstić information content (AvgIpc) is 2.71. The SMILES string of the molecule is FC(F)(F)c1ccc(NC(=S)N(CCN2CCOCC2)Cc2ccncc2)cc1Cl. The highest BCUT2D eigenvalue weighted by atomic mass is 35.5. The zero-order chi connectivity index (χ0) is 21.6. The molecule has 1 aliphatic rings. The minimum atomic E-state index is -4.50. The summed E-state index contributed by atoms with van der Waals surface area (Å²) in [5.41, 5.74) is 0.562. The Labute approximate surface area is 183 Å². The number of pyridine rings is 1. The smallest absolute Gasteiger partial charge is 0.379 e. The van der Waals surface area contributed by atoms with Gasteiger partial charge in [0.15, 0.2) is 5.11 Å². The summed E-state index contributed by atoms with van der Waals surface area (Å²) in [6.45, 7) is 5.13. The van der Waals surface area contributed by atoms with E-state index in [4.69, 9.17) is 28.6 Å². The van der Waals surface area contributed by atoms with E-state index in [0.29, 0.717) is 37.1 Å². The van der Waals surface area contributed by atoms with Crippen LogP contribution in [0.4, 0.5) is 18.9 Å². The van der Waals surface area contributed by atoms with Crippen molar-refractivity contribution in [2.75, 3.05) is 44.7 Å². The van der Waals surface area contributed by atoms with Crippen LogP contribution in [0.3, 0.4) is 0 Å². The Morgan fingerprint density at radius 2 is 1.90 bits per heavy atom. The van der Waals surface area contributed by atoms with E-state index in [1.54, 1.807) is 12.4 Å². The second-order valence-corrected chi connectivity index (χ2v) is 7.65. The van der Waals surface area contributed by atoms with Gasteiger partial charge in [-0.25, -0.2) is 0 Å². The van der Waals surface area contributed by atoms with Crippen molar-refractivity contribution in [3.8, 4) is 0 Å². The van der Waals surface area contributed by atoms with E-state index in [1.807, 2.05) is 17.0 Å². The van der Waals surface area contributed by atoms with E-state index < -0.39 is 11.7 Å². The van der Waals surface area contributed by atoms with Crippen molar-refractivity contribution in [3.63, 3.8) is 0 Å². The molecule has 1 aromatic carbocycles. The van der Waals surface area contributed by atoms with Crippen LogP contribution in [-0.4, -0.2) is 59.3 Å². The van der Waals surface area contributed by atoms with Gasteiger partial charge in [0.05, 0.1) is 23.8 Å². The molecule has 0 unspecified atom stereocenters. The number of benzene rings is 1. The lowest BCUT2D eigenvalue weighted by molar-refractivity contribution is -0.137. The van der Waals surface area contributed by atoms with Crippen molar-refractivity contribution >= 4 is 34.6 Å². The first-order valence-corrected chi connectivity index (χ1v) is 10.2. The maximum atomic E-state index is 12.9. The van der Waals surface area contributed by atoms with Crippen molar-refractivity contribution in [2.45, 2.75) is 12.7 Å². The van der Waals surface area contributed by atoms with Crippen LogP contribution >= 0.6 is 23.8 Å². The molecular weight excluding hydrogens is 437 g/mol. The van der Waals surface area contributed by atoms with Crippen LogP contribution in [0.2, 0.25) is 5.02 Å². The highest BCUT2D eigenvalue weighted by molar-refractivity contribution is 7.80. The lowest BCUT2D eigenvalue weighted by atomic mass is 10.2. The average molecular weight is 459 g/mol. The first-order chi connectivity index (χ1) is 14.3. The van der Waals surface area contributed by atoms with E-state index in [2.05, 4.69) is 15.2 Å². The quantitative estimate of drug-likeness (QED) is 0.651. The fraction of sp³-hybridized carbons (Fsp3) is 0.400. The Bertz CT molecular complexity index is 848. The first-order valence-electron chi connectivity index (χ1n) is 9.44. The molecule has 0 radical (unpaired) electrons. The number of nitrogens with one attached hydrogen (secondary N) is 1. The summed E-state index contributed by atoms with van der Waals surface area (Å²) in [6.07, 6.45) is -1.08. The molecule has 1 saturated heterocycles. The van der Waals surface area contributed by atoms with E-state index in [-0.39, 0.29) is 5.02 Å². The van der Waals surface area contributed by atoms with Gasteiger partial charge >= 0.3 is 6.18 Å². The molecule has 1 N–H and O–H groups in total. The fourth-order valence-corrected chi connectivity index (χ4v) is 3.63. The van der Waals surface area contributed by atoms with Crippen LogP contribution in [0.15, 0.2) is 42.7 Å². The fourth-order valence-electron chi connectivity index (χ4n) is 3.07. The summed E-state index contributed by atoms with van der Waals surface area (Å²) < 4.78 is 44.2. The molecule has 1 aromatic heterocycles. The second kappa shape index (κ2) is 10.4. The maximum Gasteiger partial charge on any atom is 0.417 e. The van der Waals surface area contributed by atoms with Gasteiger partial charge in [-0.15, -0.1) is 0 Å². The normalized spacial score (nSPS) is 15.1. The lowest BCUT2D eigenvalue weighted by Gasteiger charge is -2.31. The van der Waals surface area contributed by atoms with Gasteiger partial charge in [-0.1, -0.05) is 11.6 Å². The molecule has 1 aliphatic heterocycles. The predicted molar refractivity (Wildman–Crippen MR) is 115 cm³/mol. The van der Waals surface area contributed by atoms with Crippen LogP contribution in [0.1, 0.15) is 11.1 Å². The molecule has 30 heavy (non-hydrogen) atoms. The Balaban J connectivity index is 1.69. The zero-order valence-corrected chi connectivity index (χ0v) is 17.7. The predicted octanol–water partition coefficient (Wildman–Crippen LogP) is 4.29. The molecular formula is C20H22ClF3N4OS. The molecule has 0 atom stereocenters. The van der Waals surface area contributed by atoms with E-state index in [9.17, 15) is 13.2 Å². The van der Waals surface area contributed by atoms with Crippen LogP contribution in [0.25, 0.3) is 0 Å². The van der Waals surface area contributed by atoms with Gasteiger partial charge in [0.2, 0.25) is 0 Å². The zero-order valence-electron chi connectivity index (χ0n) is 16.2. The molecule has 0 spiro atoms. The third-order valence-corrected chi connectivity index (χ3v) is 5.40. The molecule has 3 rings (SSSR count). The number of rotatable bonds is 6. The number of anilines is 1. The van der Waals surface area contributed by atoms with Crippen LogP contribution in [0, 0.1) is 0 Å². The van der Waals surface area contributed by atoms with Gasteiger partial charge in [-0.05, 0) is 48.1 Å².